The minimum absolute atomic E-state index is 0.148. The number of carbonyl (C=O) groups excluding carboxylic acids is 1. The highest BCUT2D eigenvalue weighted by Crippen LogP contribution is 2.35. The van der Waals surface area contributed by atoms with Crippen LogP contribution in [0.15, 0.2) is 54.6 Å². The molecule has 1 atom stereocenters. The number of fused-ring (bicyclic) bond motifs is 1. The topological polar surface area (TPSA) is 29.5 Å². The maximum Gasteiger partial charge on any atom is 0.264 e. The number of nitrogens with zero attached hydrogens (tertiary/aromatic N) is 1. The zero-order valence-corrected chi connectivity index (χ0v) is 14.4. The quantitative estimate of drug-likeness (QED) is 0.681. The molecule has 0 saturated carbocycles. The fourth-order valence-corrected chi connectivity index (χ4v) is 4.43. The van der Waals surface area contributed by atoms with Crippen LogP contribution in [-0.4, -0.2) is 24.5 Å². The average Bonchev–Trinajstić information content (AvgIpc) is 3.28. The van der Waals surface area contributed by atoms with Crippen LogP contribution in [-0.2, 0) is 0 Å². The van der Waals surface area contributed by atoms with Gasteiger partial charge in [0, 0.05) is 11.2 Å². The Hall–Kier alpha value is -2.33. The SMILES string of the molecule is COc1ccc([C@@H]2CCCN2C(=O)c2cc3ccccc3s2)cc1. The molecule has 0 spiro atoms. The lowest BCUT2D eigenvalue weighted by Gasteiger charge is -2.24. The zero-order valence-electron chi connectivity index (χ0n) is 13.6. The Morgan fingerprint density at radius 2 is 1.96 bits per heavy atom. The molecule has 0 bridgehead atoms. The van der Waals surface area contributed by atoms with Gasteiger partial charge in [0.15, 0.2) is 0 Å². The van der Waals surface area contributed by atoms with Crippen molar-refractivity contribution in [2.24, 2.45) is 0 Å². The van der Waals surface area contributed by atoms with E-state index in [0.29, 0.717) is 0 Å². The van der Waals surface area contributed by atoms with Gasteiger partial charge in [-0.1, -0.05) is 30.3 Å². The van der Waals surface area contributed by atoms with Gasteiger partial charge in [0.05, 0.1) is 18.0 Å². The third-order valence-corrected chi connectivity index (χ3v) is 5.75. The van der Waals surface area contributed by atoms with Gasteiger partial charge in [-0.05, 0) is 48.1 Å². The maximum absolute atomic E-state index is 13.0. The Bertz CT molecular complexity index is 836. The number of rotatable bonds is 3. The largest absolute Gasteiger partial charge is 0.497 e. The molecular formula is C20H19NO2S. The third-order valence-electron chi connectivity index (χ3n) is 4.65. The molecule has 2 aromatic carbocycles. The predicted octanol–water partition coefficient (Wildman–Crippen LogP) is 4.89. The van der Waals surface area contributed by atoms with Gasteiger partial charge in [0.1, 0.15) is 5.75 Å². The average molecular weight is 337 g/mol. The molecule has 3 aromatic rings. The van der Waals surface area contributed by atoms with Crippen molar-refractivity contribution < 1.29 is 9.53 Å². The molecule has 1 aliphatic heterocycles. The number of methoxy groups -OCH3 is 1. The van der Waals surface area contributed by atoms with Gasteiger partial charge in [-0.3, -0.25) is 4.79 Å². The van der Waals surface area contributed by atoms with E-state index in [0.717, 1.165) is 35.4 Å². The van der Waals surface area contributed by atoms with Crippen LogP contribution in [0.2, 0.25) is 0 Å². The van der Waals surface area contributed by atoms with Crippen molar-refractivity contribution in [3.8, 4) is 5.75 Å². The Morgan fingerprint density at radius 3 is 2.71 bits per heavy atom. The highest BCUT2D eigenvalue weighted by molar-refractivity contribution is 7.20. The van der Waals surface area contributed by atoms with Crippen LogP contribution in [0.5, 0.6) is 5.75 Å². The van der Waals surface area contributed by atoms with Gasteiger partial charge in [0.25, 0.3) is 5.91 Å². The van der Waals surface area contributed by atoms with E-state index in [1.54, 1.807) is 18.4 Å². The molecule has 1 amide bonds. The lowest BCUT2D eigenvalue weighted by Crippen LogP contribution is -2.29. The number of carbonyl (C=O) groups is 1. The van der Waals surface area contributed by atoms with Crippen molar-refractivity contribution in [3.63, 3.8) is 0 Å². The van der Waals surface area contributed by atoms with Crippen LogP contribution in [0.3, 0.4) is 0 Å². The summed E-state index contributed by atoms with van der Waals surface area (Å²) >= 11 is 1.58. The van der Waals surface area contributed by atoms with E-state index < -0.39 is 0 Å². The lowest BCUT2D eigenvalue weighted by atomic mass is 10.0. The first-order valence-corrected chi connectivity index (χ1v) is 9.01. The molecule has 1 aliphatic rings. The second-order valence-corrected chi connectivity index (χ2v) is 7.16. The molecule has 1 fully saturated rings. The van der Waals surface area contributed by atoms with Crippen molar-refractivity contribution in [2.45, 2.75) is 18.9 Å². The summed E-state index contributed by atoms with van der Waals surface area (Å²) in [7, 11) is 1.67. The second kappa shape index (κ2) is 6.29. The number of thiophene rings is 1. The van der Waals surface area contributed by atoms with Crippen LogP contribution in [0.1, 0.15) is 34.1 Å². The summed E-state index contributed by atoms with van der Waals surface area (Å²) in [6.45, 7) is 0.823. The number of benzene rings is 2. The Labute approximate surface area is 145 Å². The summed E-state index contributed by atoms with van der Waals surface area (Å²) in [4.78, 5) is 15.9. The minimum Gasteiger partial charge on any atom is -0.497 e. The standard InChI is InChI=1S/C20H19NO2S/c1-23-16-10-8-14(9-11-16)17-6-4-12-21(17)20(22)19-13-15-5-2-3-7-18(15)24-19/h2-3,5,7-11,13,17H,4,6,12H2,1H3/t17-/m0/s1. The van der Waals surface area contributed by atoms with Crippen LogP contribution in [0.25, 0.3) is 10.1 Å². The number of likely N-dealkylation sites (tertiary alicyclic amines) is 1. The monoisotopic (exact) mass is 337 g/mol. The molecule has 122 valence electrons. The van der Waals surface area contributed by atoms with Crippen molar-refractivity contribution >= 4 is 27.3 Å². The van der Waals surface area contributed by atoms with Gasteiger partial charge in [-0.25, -0.2) is 0 Å². The normalized spacial score (nSPS) is 17.4. The minimum atomic E-state index is 0.148. The lowest BCUT2D eigenvalue weighted by molar-refractivity contribution is 0.0740. The van der Waals surface area contributed by atoms with Crippen molar-refractivity contribution in [1.82, 2.24) is 4.90 Å². The van der Waals surface area contributed by atoms with Crippen LogP contribution in [0.4, 0.5) is 0 Å². The van der Waals surface area contributed by atoms with Crippen LogP contribution in [0, 0.1) is 0 Å². The molecule has 1 aromatic heterocycles. The first-order chi connectivity index (χ1) is 11.8. The van der Waals surface area contributed by atoms with Gasteiger partial charge in [-0.2, -0.15) is 0 Å². The third kappa shape index (κ3) is 2.67. The van der Waals surface area contributed by atoms with Crippen LogP contribution >= 0.6 is 11.3 Å². The summed E-state index contributed by atoms with van der Waals surface area (Å²) in [6, 6.07) is 18.4. The predicted molar refractivity (Wildman–Crippen MR) is 97.8 cm³/mol. The van der Waals surface area contributed by atoms with Gasteiger partial charge in [0.2, 0.25) is 0 Å². The van der Waals surface area contributed by atoms with E-state index in [4.69, 9.17) is 4.74 Å². The molecule has 4 rings (SSSR count). The fraction of sp³-hybridized carbons (Fsp3) is 0.250. The molecule has 0 radical (unpaired) electrons. The molecule has 0 aliphatic carbocycles. The zero-order chi connectivity index (χ0) is 16.5. The van der Waals surface area contributed by atoms with Crippen molar-refractivity contribution in [2.75, 3.05) is 13.7 Å². The van der Waals surface area contributed by atoms with Crippen molar-refractivity contribution in [1.29, 1.82) is 0 Å². The maximum atomic E-state index is 13.0. The van der Waals surface area contributed by atoms with Crippen molar-refractivity contribution in [3.05, 3.63) is 65.0 Å². The Balaban J connectivity index is 1.62. The summed E-state index contributed by atoms with van der Waals surface area (Å²) in [5.41, 5.74) is 1.18. The van der Waals surface area contributed by atoms with Gasteiger partial charge < -0.3 is 9.64 Å². The molecule has 1 saturated heterocycles. The fourth-order valence-electron chi connectivity index (χ4n) is 3.41. The summed E-state index contributed by atoms with van der Waals surface area (Å²) < 4.78 is 6.40. The summed E-state index contributed by atoms with van der Waals surface area (Å²) in [5.74, 6) is 0.994. The smallest absolute Gasteiger partial charge is 0.264 e. The van der Waals surface area contributed by atoms with E-state index in [1.165, 1.54) is 10.3 Å². The number of ether oxygens (including phenoxy) is 1. The Morgan fingerprint density at radius 1 is 1.17 bits per heavy atom. The molecule has 4 heteroatoms. The molecule has 0 N–H and O–H groups in total. The highest BCUT2D eigenvalue weighted by Gasteiger charge is 2.31. The van der Waals surface area contributed by atoms with E-state index in [2.05, 4.69) is 24.3 Å². The molecule has 3 nitrogen and oxygen atoms in total. The molecule has 24 heavy (non-hydrogen) atoms. The van der Waals surface area contributed by atoms with E-state index in [-0.39, 0.29) is 11.9 Å². The van der Waals surface area contributed by atoms with Gasteiger partial charge >= 0.3 is 0 Å². The van der Waals surface area contributed by atoms with Gasteiger partial charge in [-0.15, -0.1) is 11.3 Å². The number of amides is 1. The van der Waals surface area contributed by atoms with Crippen LogP contribution < -0.4 is 4.74 Å². The molecular weight excluding hydrogens is 318 g/mol. The second-order valence-electron chi connectivity index (χ2n) is 6.08. The summed E-state index contributed by atoms with van der Waals surface area (Å²) in [6.07, 6.45) is 2.07. The Kier molecular flexibility index (Phi) is 3.98. The number of hydrogen-bond acceptors (Lipinski definition) is 3. The first kappa shape index (κ1) is 15.2. The summed E-state index contributed by atoms with van der Waals surface area (Å²) in [5, 5.41) is 1.14. The van der Waals surface area contributed by atoms with E-state index in [9.17, 15) is 4.79 Å². The highest BCUT2D eigenvalue weighted by atomic mass is 32.1. The molecule has 2 heterocycles. The first-order valence-electron chi connectivity index (χ1n) is 8.20. The molecule has 0 unspecified atom stereocenters. The van der Waals surface area contributed by atoms with E-state index in [1.807, 2.05) is 35.2 Å². The van der Waals surface area contributed by atoms with E-state index >= 15 is 0 Å². The number of hydrogen-bond donors (Lipinski definition) is 0.